The summed E-state index contributed by atoms with van der Waals surface area (Å²) in [5.74, 6) is 0. The van der Waals surface area contributed by atoms with Crippen molar-refractivity contribution in [3.8, 4) is 0 Å². The van der Waals surface area contributed by atoms with Gasteiger partial charge >= 0.3 is 6.03 Å². The minimum Gasteiger partial charge on any atom is -0.368 e. The van der Waals surface area contributed by atoms with E-state index in [0.29, 0.717) is 0 Å². The van der Waals surface area contributed by atoms with Crippen LogP contribution in [0.25, 0.3) is 0 Å². The van der Waals surface area contributed by atoms with E-state index in [1.165, 1.54) is 5.69 Å². The minimum atomic E-state index is -0.0473. The predicted molar refractivity (Wildman–Crippen MR) is 83.5 cm³/mol. The van der Waals surface area contributed by atoms with Gasteiger partial charge in [-0.05, 0) is 24.3 Å². The number of carbonyl (C=O) groups excluding carboxylic acids is 1. The number of anilines is 2. The zero-order chi connectivity index (χ0) is 14.5. The molecule has 1 N–H and O–H groups in total. The van der Waals surface area contributed by atoms with Crippen LogP contribution in [0.15, 0.2) is 54.9 Å². The second-order valence-corrected chi connectivity index (χ2v) is 4.98. The van der Waals surface area contributed by atoms with E-state index < -0.39 is 0 Å². The predicted octanol–water partition coefficient (Wildman–Crippen LogP) is 2.44. The quantitative estimate of drug-likeness (QED) is 0.920. The molecule has 2 heterocycles. The number of piperazine rings is 1. The third-order valence-corrected chi connectivity index (χ3v) is 3.62. The first-order chi connectivity index (χ1) is 10.3. The average molecular weight is 282 g/mol. The summed E-state index contributed by atoms with van der Waals surface area (Å²) in [6.45, 7) is 3.17. The smallest absolute Gasteiger partial charge is 0.321 e. The second kappa shape index (κ2) is 6.26. The van der Waals surface area contributed by atoms with E-state index in [0.717, 1.165) is 31.9 Å². The van der Waals surface area contributed by atoms with E-state index in [1.807, 2.05) is 23.1 Å². The van der Waals surface area contributed by atoms with Gasteiger partial charge in [0.25, 0.3) is 0 Å². The Bertz CT molecular complexity index is 580. The van der Waals surface area contributed by atoms with Crippen molar-refractivity contribution >= 4 is 17.4 Å². The summed E-state index contributed by atoms with van der Waals surface area (Å²) >= 11 is 0. The molecule has 1 aliphatic rings. The van der Waals surface area contributed by atoms with E-state index in [-0.39, 0.29) is 6.03 Å². The number of benzene rings is 1. The zero-order valence-electron chi connectivity index (χ0n) is 11.8. The molecule has 1 aliphatic heterocycles. The van der Waals surface area contributed by atoms with Crippen LogP contribution in [0.2, 0.25) is 0 Å². The summed E-state index contributed by atoms with van der Waals surface area (Å²) in [7, 11) is 0. The molecular weight excluding hydrogens is 264 g/mol. The van der Waals surface area contributed by atoms with Gasteiger partial charge in [0, 0.05) is 49.9 Å². The van der Waals surface area contributed by atoms with E-state index in [2.05, 4.69) is 27.3 Å². The number of aromatic nitrogens is 1. The Morgan fingerprint density at radius 2 is 1.62 bits per heavy atom. The number of hydrogen-bond acceptors (Lipinski definition) is 3. The molecule has 1 saturated heterocycles. The van der Waals surface area contributed by atoms with Gasteiger partial charge in [-0.3, -0.25) is 4.98 Å². The summed E-state index contributed by atoms with van der Waals surface area (Å²) in [5, 5.41) is 2.89. The summed E-state index contributed by atoms with van der Waals surface area (Å²) in [6.07, 6.45) is 3.34. The molecule has 1 fully saturated rings. The maximum Gasteiger partial charge on any atom is 0.321 e. The molecule has 2 aromatic rings. The van der Waals surface area contributed by atoms with E-state index >= 15 is 0 Å². The SMILES string of the molecule is O=C(Nc1ccncc1)N1CCN(c2ccccc2)CC1. The van der Waals surface area contributed by atoms with Crippen molar-refractivity contribution < 1.29 is 4.79 Å². The molecule has 1 aromatic heterocycles. The number of nitrogens with zero attached hydrogens (tertiary/aromatic N) is 3. The van der Waals surface area contributed by atoms with Crippen molar-refractivity contribution in [2.45, 2.75) is 0 Å². The molecule has 0 atom stereocenters. The highest BCUT2D eigenvalue weighted by Gasteiger charge is 2.21. The second-order valence-electron chi connectivity index (χ2n) is 4.98. The molecule has 2 amide bonds. The van der Waals surface area contributed by atoms with Crippen molar-refractivity contribution in [1.29, 1.82) is 0 Å². The number of amides is 2. The maximum atomic E-state index is 12.2. The van der Waals surface area contributed by atoms with Gasteiger partial charge in [0.1, 0.15) is 0 Å². The van der Waals surface area contributed by atoms with Crippen LogP contribution in [0.1, 0.15) is 0 Å². The van der Waals surface area contributed by atoms with Crippen LogP contribution in [-0.4, -0.2) is 42.1 Å². The molecule has 5 heteroatoms. The van der Waals surface area contributed by atoms with Crippen molar-refractivity contribution in [2.24, 2.45) is 0 Å². The van der Waals surface area contributed by atoms with Gasteiger partial charge in [0.2, 0.25) is 0 Å². The lowest BCUT2D eigenvalue weighted by Gasteiger charge is -2.36. The first-order valence-corrected chi connectivity index (χ1v) is 7.09. The van der Waals surface area contributed by atoms with Crippen LogP contribution in [0.5, 0.6) is 0 Å². The molecule has 0 spiro atoms. The fraction of sp³-hybridized carbons (Fsp3) is 0.250. The number of para-hydroxylation sites is 1. The number of urea groups is 1. The van der Waals surface area contributed by atoms with Crippen LogP contribution in [0.3, 0.4) is 0 Å². The van der Waals surface area contributed by atoms with E-state index in [4.69, 9.17) is 0 Å². The van der Waals surface area contributed by atoms with Gasteiger partial charge in [-0.15, -0.1) is 0 Å². The Balaban J connectivity index is 1.55. The van der Waals surface area contributed by atoms with Gasteiger partial charge in [0.05, 0.1) is 0 Å². The Hall–Kier alpha value is -2.56. The van der Waals surface area contributed by atoms with Gasteiger partial charge in [-0.1, -0.05) is 18.2 Å². The van der Waals surface area contributed by atoms with Crippen molar-refractivity contribution in [3.05, 3.63) is 54.9 Å². The molecule has 5 nitrogen and oxygen atoms in total. The van der Waals surface area contributed by atoms with Crippen LogP contribution >= 0.6 is 0 Å². The fourth-order valence-corrected chi connectivity index (χ4v) is 2.44. The van der Waals surface area contributed by atoms with Crippen molar-refractivity contribution in [2.75, 3.05) is 36.4 Å². The van der Waals surface area contributed by atoms with Crippen LogP contribution in [-0.2, 0) is 0 Å². The van der Waals surface area contributed by atoms with Gasteiger partial charge < -0.3 is 15.1 Å². The third-order valence-electron chi connectivity index (χ3n) is 3.62. The molecular formula is C16H18N4O. The first kappa shape index (κ1) is 13.4. The zero-order valence-corrected chi connectivity index (χ0v) is 11.8. The number of hydrogen-bond donors (Lipinski definition) is 1. The van der Waals surface area contributed by atoms with Gasteiger partial charge in [0.15, 0.2) is 0 Å². The van der Waals surface area contributed by atoms with Crippen LogP contribution in [0.4, 0.5) is 16.2 Å². The number of nitrogens with one attached hydrogen (secondary N) is 1. The maximum absolute atomic E-state index is 12.2. The Labute approximate surface area is 124 Å². The Morgan fingerprint density at radius 1 is 0.952 bits per heavy atom. The number of carbonyl (C=O) groups is 1. The number of rotatable bonds is 2. The topological polar surface area (TPSA) is 48.5 Å². The monoisotopic (exact) mass is 282 g/mol. The molecule has 0 saturated carbocycles. The van der Waals surface area contributed by atoms with Gasteiger partial charge in [-0.2, -0.15) is 0 Å². The highest BCUT2D eigenvalue weighted by Crippen LogP contribution is 2.16. The highest BCUT2D eigenvalue weighted by molar-refractivity contribution is 5.89. The lowest BCUT2D eigenvalue weighted by atomic mass is 10.2. The molecule has 0 bridgehead atoms. The summed E-state index contributed by atoms with van der Waals surface area (Å²) in [5.41, 5.74) is 1.99. The van der Waals surface area contributed by atoms with Crippen molar-refractivity contribution in [3.63, 3.8) is 0 Å². The molecule has 3 rings (SSSR count). The van der Waals surface area contributed by atoms with E-state index in [9.17, 15) is 4.79 Å². The van der Waals surface area contributed by atoms with E-state index in [1.54, 1.807) is 24.5 Å². The fourth-order valence-electron chi connectivity index (χ4n) is 2.44. The lowest BCUT2D eigenvalue weighted by Crippen LogP contribution is -2.50. The Morgan fingerprint density at radius 3 is 2.29 bits per heavy atom. The average Bonchev–Trinajstić information content (AvgIpc) is 2.57. The molecule has 21 heavy (non-hydrogen) atoms. The third kappa shape index (κ3) is 3.31. The summed E-state index contributed by atoms with van der Waals surface area (Å²) in [6, 6.07) is 13.8. The molecule has 108 valence electrons. The highest BCUT2D eigenvalue weighted by atomic mass is 16.2. The summed E-state index contributed by atoms with van der Waals surface area (Å²) < 4.78 is 0. The minimum absolute atomic E-state index is 0.0473. The van der Waals surface area contributed by atoms with Gasteiger partial charge in [-0.25, -0.2) is 4.79 Å². The molecule has 0 aliphatic carbocycles. The molecule has 1 aromatic carbocycles. The first-order valence-electron chi connectivity index (χ1n) is 7.09. The largest absolute Gasteiger partial charge is 0.368 e. The van der Waals surface area contributed by atoms with Crippen LogP contribution < -0.4 is 10.2 Å². The summed E-state index contributed by atoms with van der Waals surface area (Å²) in [4.78, 5) is 20.3. The lowest BCUT2D eigenvalue weighted by molar-refractivity contribution is 0.208. The number of pyridine rings is 1. The molecule has 0 unspecified atom stereocenters. The van der Waals surface area contributed by atoms with Crippen LogP contribution in [0, 0.1) is 0 Å². The Kier molecular flexibility index (Phi) is 4.00. The van der Waals surface area contributed by atoms with Crippen molar-refractivity contribution in [1.82, 2.24) is 9.88 Å². The normalized spacial score (nSPS) is 14.9. The molecule has 0 radical (unpaired) electrons. The standard InChI is InChI=1S/C16H18N4O/c21-16(18-14-6-8-17-9-7-14)20-12-10-19(11-13-20)15-4-2-1-3-5-15/h1-9H,10-13H2,(H,17,18,21).